The molecule has 1 heterocycles. The van der Waals surface area contributed by atoms with E-state index in [1.54, 1.807) is 6.07 Å². The van der Waals surface area contributed by atoms with Crippen LogP contribution in [0.3, 0.4) is 0 Å². The third kappa shape index (κ3) is 2.56. The van der Waals surface area contributed by atoms with Gasteiger partial charge in [-0.05, 0) is 17.7 Å². The van der Waals surface area contributed by atoms with Gasteiger partial charge in [0.05, 0.1) is 27.5 Å². The van der Waals surface area contributed by atoms with Gasteiger partial charge < -0.3 is 5.32 Å². The molecule has 0 fully saturated rings. The maximum Gasteiger partial charge on any atom is 0.130 e. The fourth-order valence-electron chi connectivity index (χ4n) is 1.87. The molecule has 0 radical (unpaired) electrons. The molecule has 0 aliphatic rings. The molecule has 3 aromatic rings. The van der Waals surface area contributed by atoms with Gasteiger partial charge in [0.25, 0.3) is 0 Å². The number of rotatable bonds is 3. The van der Waals surface area contributed by atoms with E-state index >= 15 is 0 Å². The minimum absolute atomic E-state index is 0.502. The number of nitrogens with zero attached hydrogens (tertiary/aromatic N) is 2. The van der Waals surface area contributed by atoms with Gasteiger partial charge in [0.15, 0.2) is 0 Å². The number of nitrogens with one attached hydrogen (secondary N) is 1. The van der Waals surface area contributed by atoms with Crippen LogP contribution in [0.5, 0.6) is 0 Å². The summed E-state index contributed by atoms with van der Waals surface area (Å²) in [5.41, 5.74) is 3.04. The smallest absolute Gasteiger partial charge is 0.130 e. The quantitative estimate of drug-likeness (QED) is 0.704. The van der Waals surface area contributed by atoms with Gasteiger partial charge >= 0.3 is 0 Å². The summed E-state index contributed by atoms with van der Waals surface area (Å²) in [6.07, 6.45) is 0. The summed E-state index contributed by atoms with van der Waals surface area (Å²) < 4.78 is 8.41. The number of halogens is 3. The van der Waals surface area contributed by atoms with Gasteiger partial charge in [-0.15, -0.1) is 0 Å². The summed E-state index contributed by atoms with van der Waals surface area (Å²) in [5, 5.41) is 4.98. The van der Waals surface area contributed by atoms with E-state index < -0.39 is 0 Å². The molecule has 0 amide bonds. The zero-order chi connectivity index (χ0) is 14.1. The number of benzene rings is 2. The van der Waals surface area contributed by atoms with Crippen molar-refractivity contribution >= 4 is 63.3 Å². The highest BCUT2D eigenvalue weighted by molar-refractivity contribution is 7.00. The van der Waals surface area contributed by atoms with E-state index in [9.17, 15) is 0 Å². The lowest BCUT2D eigenvalue weighted by molar-refractivity contribution is 1.15. The van der Waals surface area contributed by atoms with Crippen molar-refractivity contribution in [3.05, 3.63) is 51.0 Å². The molecule has 0 unspecified atom stereocenters. The first-order valence-electron chi connectivity index (χ1n) is 5.74. The molecular formula is C13H8Cl3N3S. The molecular weight excluding hydrogens is 337 g/mol. The van der Waals surface area contributed by atoms with E-state index in [1.807, 2.05) is 24.3 Å². The third-order valence-electron chi connectivity index (χ3n) is 2.86. The Bertz CT molecular complexity index is 773. The molecule has 0 aliphatic heterocycles. The normalized spacial score (nSPS) is 10.9. The van der Waals surface area contributed by atoms with Crippen molar-refractivity contribution in [3.8, 4) is 0 Å². The van der Waals surface area contributed by atoms with Crippen LogP contribution in [0.15, 0.2) is 30.3 Å². The minimum atomic E-state index is 0.502. The van der Waals surface area contributed by atoms with Crippen LogP contribution >= 0.6 is 46.5 Å². The first-order valence-corrected chi connectivity index (χ1v) is 7.61. The summed E-state index contributed by atoms with van der Waals surface area (Å²) in [6, 6.07) is 9.30. The maximum atomic E-state index is 6.23. The number of hydrogen-bond acceptors (Lipinski definition) is 4. The van der Waals surface area contributed by atoms with Crippen molar-refractivity contribution in [1.82, 2.24) is 8.75 Å². The van der Waals surface area contributed by atoms with Crippen molar-refractivity contribution in [2.45, 2.75) is 6.54 Å². The lowest BCUT2D eigenvalue weighted by atomic mass is 10.2. The number of hydrogen-bond donors (Lipinski definition) is 1. The molecule has 0 saturated carbocycles. The van der Waals surface area contributed by atoms with E-state index in [-0.39, 0.29) is 0 Å². The zero-order valence-electron chi connectivity index (χ0n) is 10.0. The van der Waals surface area contributed by atoms with E-state index in [1.165, 1.54) is 0 Å². The highest BCUT2D eigenvalue weighted by atomic mass is 35.5. The molecule has 0 atom stereocenters. The number of aromatic nitrogens is 2. The third-order valence-corrected chi connectivity index (χ3v) is 4.34. The lowest BCUT2D eigenvalue weighted by Gasteiger charge is -2.10. The van der Waals surface area contributed by atoms with Crippen LogP contribution in [0, 0.1) is 0 Å². The first-order chi connectivity index (χ1) is 9.66. The minimum Gasteiger partial charge on any atom is -0.378 e. The Hall–Kier alpha value is -1.07. The molecule has 3 rings (SSSR count). The molecule has 0 aliphatic carbocycles. The van der Waals surface area contributed by atoms with Gasteiger partial charge in [0.2, 0.25) is 0 Å². The van der Waals surface area contributed by atoms with Gasteiger partial charge in [0.1, 0.15) is 11.0 Å². The molecule has 1 N–H and O–H groups in total. The van der Waals surface area contributed by atoms with Gasteiger partial charge in [-0.3, -0.25) is 0 Å². The van der Waals surface area contributed by atoms with E-state index in [2.05, 4.69) is 14.1 Å². The van der Waals surface area contributed by atoms with Gasteiger partial charge in [-0.2, -0.15) is 8.75 Å². The first kappa shape index (κ1) is 13.9. The Kier molecular flexibility index (Phi) is 3.98. The average molecular weight is 345 g/mol. The molecule has 0 saturated heterocycles. The molecule has 102 valence electrons. The van der Waals surface area contributed by atoms with Crippen LogP contribution in [0.4, 0.5) is 5.69 Å². The second kappa shape index (κ2) is 5.74. The number of anilines is 1. The SMILES string of the molecule is Clc1ccccc1CNc1c(Cl)cc(Cl)c2nsnc12. The Morgan fingerprint density at radius 2 is 1.70 bits per heavy atom. The van der Waals surface area contributed by atoms with Crippen molar-refractivity contribution < 1.29 is 0 Å². The van der Waals surface area contributed by atoms with Crippen LogP contribution in [0.2, 0.25) is 15.1 Å². The van der Waals surface area contributed by atoms with Crippen molar-refractivity contribution in [2.75, 3.05) is 5.32 Å². The summed E-state index contributed by atoms with van der Waals surface area (Å²) >= 11 is 19.6. The van der Waals surface area contributed by atoms with Crippen LogP contribution < -0.4 is 5.32 Å². The van der Waals surface area contributed by atoms with Crippen LogP contribution in [-0.4, -0.2) is 8.75 Å². The Morgan fingerprint density at radius 1 is 0.950 bits per heavy atom. The summed E-state index contributed by atoms with van der Waals surface area (Å²) in [6.45, 7) is 0.549. The summed E-state index contributed by atoms with van der Waals surface area (Å²) in [4.78, 5) is 0. The standard InChI is InChI=1S/C13H8Cl3N3S/c14-8-4-2-1-3-7(8)6-17-11-9(15)5-10(16)12-13(11)19-20-18-12/h1-5,17H,6H2. The van der Waals surface area contributed by atoms with Crippen LogP contribution in [-0.2, 0) is 6.54 Å². The highest BCUT2D eigenvalue weighted by Crippen LogP contribution is 2.35. The number of fused-ring (bicyclic) bond motifs is 1. The monoisotopic (exact) mass is 343 g/mol. The zero-order valence-corrected chi connectivity index (χ0v) is 13.1. The van der Waals surface area contributed by atoms with Crippen LogP contribution in [0.1, 0.15) is 5.56 Å². The average Bonchev–Trinajstić information content (AvgIpc) is 2.90. The van der Waals surface area contributed by atoms with Crippen molar-refractivity contribution in [3.63, 3.8) is 0 Å². The second-order valence-electron chi connectivity index (χ2n) is 4.12. The molecule has 1 aromatic heterocycles. The van der Waals surface area contributed by atoms with Gasteiger partial charge in [-0.25, -0.2) is 0 Å². The van der Waals surface area contributed by atoms with Gasteiger partial charge in [0, 0.05) is 11.6 Å². The highest BCUT2D eigenvalue weighted by Gasteiger charge is 2.14. The molecule has 20 heavy (non-hydrogen) atoms. The predicted molar refractivity (Wildman–Crippen MR) is 86.2 cm³/mol. The van der Waals surface area contributed by atoms with E-state index in [0.29, 0.717) is 32.6 Å². The fraction of sp³-hybridized carbons (Fsp3) is 0.0769. The molecule has 0 spiro atoms. The van der Waals surface area contributed by atoms with Crippen LogP contribution in [0.25, 0.3) is 11.0 Å². The summed E-state index contributed by atoms with van der Waals surface area (Å²) in [5.74, 6) is 0. The summed E-state index contributed by atoms with van der Waals surface area (Å²) in [7, 11) is 0. The fourth-order valence-corrected chi connectivity index (χ4v) is 3.25. The van der Waals surface area contributed by atoms with Gasteiger partial charge in [-0.1, -0.05) is 53.0 Å². The second-order valence-corrected chi connectivity index (χ2v) is 5.87. The Balaban J connectivity index is 1.95. The van der Waals surface area contributed by atoms with E-state index in [4.69, 9.17) is 34.8 Å². The topological polar surface area (TPSA) is 37.8 Å². The predicted octanol–water partition coefficient (Wildman–Crippen LogP) is 5.26. The van der Waals surface area contributed by atoms with E-state index in [0.717, 1.165) is 23.0 Å². The van der Waals surface area contributed by atoms with Crippen molar-refractivity contribution in [1.29, 1.82) is 0 Å². The Morgan fingerprint density at radius 3 is 2.50 bits per heavy atom. The molecule has 2 aromatic carbocycles. The Labute approximate surface area is 134 Å². The lowest BCUT2D eigenvalue weighted by Crippen LogP contribution is -2.01. The maximum absolute atomic E-state index is 6.23. The molecule has 7 heteroatoms. The largest absolute Gasteiger partial charge is 0.378 e. The molecule has 0 bridgehead atoms. The van der Waals surface area contributed by atoms with Crippen molar-refractivity contribution in [2.24, 2.45) is 0 Å². The molecule has 3 nitrogen and oxygen atoms in total.